The van der Waals surface area contributed by atoms with Crippen molar-refractivity contribution in [2.75, 3.05) is 24.7 Å². The number of nitrogens with zero attached hydrogens (tertiary/aromatic N) is 2. The zero-order valence-electron chi connectivity index (χ0n) is 15.7. The fourth-order valence-electron chi connectivity index (χ4n) is 2.24. The van der Waals surface area contributed by atoms with Crippen molar-refractivity contribution >= 4 is 31.2 Å². The highest BCUT2D eigenvalue weighted by molar-refractivity contribution is 7.49. The van der Waals surface area contributed by atoms with Crippen molar-refractivity contribution in [2.24, 2.45) is 4.99 Å². The molecule has 0 aromatic heterocycles. The third-order valence-corrected chi connectivity index (χ3v) is 4.70. The number of phosphoric acid groups is 1. The monoisotopic (exact) mass is 384 g/mol. The Morgan fingerprint density at radius 1 is 1.19 bits per heavy atom. The summed E-state index contributed by atoms with van der Waals surface area (Å²) in [5.41, 5.74) is 0.420. The predicted molar refractivity (Wildman–Crippen MR) is 99.1 cm³/mol. The Labute approximate surface area is 153 Å². The molecule has 0 N–H and O–H groups in total. The number of benzene rings is 1. The minimum atomic E-state index is -3.81. The van der Waals surface area contributed by atoms with Crippen molar-refractivity contribution < 1.29 is 27.7 Å². The smallest absolute Gasteiger partial charge is 0.443 e. The molecule has 0 atom stereocenters. The van der Waals surface area contributed by atoms with E-state index in [0.29, 0.717) is 11.4 Å². The van der Waals surface area contributed by atoms with Gasteiger partial charge in [-0.1, -0.05) is 12.1 Å². The van der Waals surface area contributed by atoms with E-state index < -0.39 is 19.5 Å². The number of para-hydroxylation sites is 2. The average Bonchev–Trinajstić information content (AvgIpc) is 2.52. The van der Waals surface area contributed by atoms with Crippen molar-refractivity contribution in [1.82, 2.24) is 0 Å². The third-order valence-electron chi connectivity index (χ3n) is 3.12. The minimum absolute atomic E-state index is 0.0456. The maximum Gasteiger partial charge on any atom is 0.531 e. The Morgan fingerprint density at radius 3 is 2.38 bits per heavy atom. The van der Waals surface area contributed by atoms with E-state index in [2.05, 4.69) is 4.99 Å². The molecule has 1 aliphatic heterocycles. The summed E-state index contributed by atoms with van der Waals surface area (Å²) in [5.74, 6) is 0.0554. The molecule has 1 aromatic carbocycles. The summed E-state index contributed by atoms with van der Waals surface area (Å²) in [6, 6.07) is 7.05. The van der Waals surface area contributed by atoms with E-state index in [-0.39, 0.29) is 25.7 Å². The van der Waals surface area contributed by atoms with Gasteiger partial charge in [-0.3, -0.25) is 13.9 Å². The Bertz CT molecular complexity index is 718. The molecule has 1 aliphatic rings. The van der Waals surface area contributed by atoms with E-state index >= 15 is 0 Å². The summed E-state index contributed by atoms with van der Waals surface area (Å²) >= 11 is 0. The maximum absolute atomic E-state index is 12.6. The molecule has 0 spiro atoms. The maximum atomic E-state index is 12.6. The number of fused-ring (bicyclic) bond motifs is 1. The van der Waals surface area contributed by atoms with Crippen molar-refractivity contribution in [3.63, 3.8) is 0 Å². The van der Waals surface area contributed by atoms with Gasteiger partial charge in [0.2, 0.25) is 5.90 Å². The number of carbonyl (C=O) groups is 1. The number of hydrogen-bond donors (Lipinski definition) is 0. The molecule has 0 fully saturated rings. The first-order valence-electron chi connectivity index (χ1n) is 8.43. The van der Waals surface area contributed by atoms with Gasteiger partial charge in [0.1, 0.15) is 12.1 Å². The van der Waals surface area contributed by atoms with Gasteiger partial charge in [-0.15, -0.1) is 0 Å². The van der Waals surface area contributed by atoms with Crippen LogP contribution in [0.5, 0.6) is 0 Å². The Balaban J connectivity index is 2.31. The molecule has 9 heteroatoms. The van der Waals surface area contributed by atoms with E-state index in [1.807, 2.05) is 0 Å². The molecule has 0 unspecified atom stereocenters. The van der Waals surface area contributed by atoms with Gasteiger partial charge in [0, 0.05) is 0 Å². The number of hydrogen-bond acceptors (Lipinski definition) is 7. The largest absolute Gasteiger partial charge is 0.531 e. The lowest BCUT2D eigenvalue weighted by Gasteiger charge is -2.31. The van der Waals surface area contributed by atoms with Crippen molar-refractivity contribution in [2.45, 2.75) is 40.2 Å². The molecule has 0 radical (unpaired) electrons. The Hall–Kier alpha value is -1.89. The standard InChI is InChI=1S/C17H25N2O6P/c1-6-22-26(21,23-7-2)25-15-12-19(16(20)24-17(3,4)5)14-11-9-8-10-13(14)18-15/h8-11H,6-7,12H2,1-5H3. The van der Waals surface area contributed by atoms with Gasteiger partial charge in [0.15, 0.2) is 0 Å². The number of aliphatic imine (C=N–C) groups is 1. The summed E-state index contributed by atoms with van der Waals surface area (Å²) in [6.07, 6.45) is -0.552. The topological polar surface area (TPSA) is 86.7 Å². The molecule has 8 nitrogen and oxygen atoms in total. The fourth-order valence-corrected chi connectivity index (χ4v) is 3.41. The van der Waals surface area contributed by atoms with Crippen LogP contribution in [0, 0.1) is 0 Å². The van der Waals surface area contributed by atoms with Gasteiger partial charge in [0.05, 0.1) is 24.6 Å². The summed E-state index contributed by atoms with van der Waals surface area (Å²) in [4.78, 5) is 18.3. The molecule has 0 bridgehead atoms. The van der Waals surface area contributed by atoms with Crippen LogP contribution in [0.2, 0.25) is 0 Å². The molecule has 1 aromatic rings. The summed E-state index contributed by atoms with van der Waals surface area (Å²) in [6.45, 7) is 8.96. The number of phosphoric ester groups is 1. The van der Waals surface area contributed by atoms with E-state index in [1.165, 1.54) is 4.90 Å². The normalized spacial score (nSPS) is 14.5. The van der Waals surface area contributed by atoms with Crippen molar-refractivity contribution in [3.8, 4) is 0 Å². The van der Waals surface area contributed by atoms with Crippen molar-refractivity contribution in [1.29, 1.82) is 0 Å². The van der Waals surface area contributed by atoms with Crippen LogP contribution in [0.3, 0.4) is 0 Å². The highest BCUT2D eigenvalue weighted by Crippen LogP contribution is 2.50. The second-order valence-electron chi connectivity index (χ2n) is 6.43. The van der Waals surface area contributed by atoms with E-state index in [4.69, 9.17) is 18.3 Å². The molecule has 1 amide bonds. The Kier molecular flexibility index (Phi) is 6.44. The van der Waals surface area contributed by atoms with Crippen LogP contribution in [-0.2, 0) is 22.9 Å². The summed E-state index contributed by atoms with van der Waals surface area (Å²) in [7, 11) is -3.81. The van der Waals surface area contributed by atoms with Crippen LogP contribution >= 0.6 is 7.82 Å². The van der Waals surface area contributed by atoms with Gasteiger partial charge >= 0.3 is 13.9 Å². The quantitative estimate of drug-likeness (QED) is 0.686. The van der Waals surface area contributed by atoms with Gasteiger partial charge < -0.3 is 9.26 Å². The van der Waals surface area contributed by atoms with Crippen molar-refractivity contribution in [3.05, 3.63) is 24.3 Å². The lowest BCUT2D eigenvalue weighted by atomic mass is 10.2. The fraction of sp³-hybridized carbons (Fsp3) is 0.529. The van der Waals surface area contributed by atoms with Gasteiger partial charge in [0.25, 0.3) is 0 Å². The molecule has 144 valence electrons. The molecule has 2 rings (SSSR count). The molecule has 1 heterocycles. The van der Waals surface area contributed by atoms with Crippen LogP contribution in [0.15, 0.2) is 29.3 Å². The first kappa shape index (κ1) is 20.4. The summed E-state index contributed by atoms with van der Waals surface area (Å²) in [5, 5.41) is 0. The lowest BCUT2D eigenvalue weighted by molar-refractivity contribution is 0.0582. The number of carbonyl (C=O) groups excluding carboxylic acids is 1. The molecule has 0 saturated carbocycles. The van der Waals surface area contributed by atoms with Gasteiger partial charge in [-0.25, -0.2) is 14.4 Å². The first-order valence-corrected chi connectivity index (χ1v) is 9.89. The predicted octanol–water partition coefficient (Wildman–Crippen LogP) is 4.67. The van der Waals surface area contributed by atoms with E-state index in [9.17, 15) is 9.36 Å². The molecular weight excluding hydrogens is 359 g/mol. The molecule has 26 heavy (non-hydrogen) atoms. The SMILES string of the molecule is CCOP(=O)(OCC)OC1=Nc2ccccc2N(C(=O)OC(C)(C)C)C1. The molecule has 0 saturated heterocycles. The second-order valence-corrected chi connectivity index (χ2v) is 8.03. The van der Waals surface area contributed by atoms with Gasteiger partial charge in [-0.2, -0.15) is 0 Å². The Morgan fingerprint density at radius 2 is 1.81 bits per heavy atom. The number of amides is 1. The zero-order chi connectivity index (χ0) is 19.4. The lowest BCUT2D eigenvalue weighted by Crippen LogP contribution is -2.41. The number of anilines is 1. The average molecular weight is 384 g/mol. The van der Waals surface area contributed by atoms with E-state index in [1.54, 1.807) is 58.9 Å². The number of ether oxygens (including phenoxy) is 1. The van der Waals surface area contributed by atoms with Gasteiger partial charge in [-0.05, 0) is 46.8 Å². The van der Waals surface area contributed by atoms with E-state index in [0.717, 1.165) is 0 Å². The van der Waals surface area contributed by atoms with Crippen LogP contribution < -0.4 is 4.90 Å². The van der Waals surface area contributed by atoms with Crippen LogP contribution in [0.1, 0.15) is 34.6 Å². The minimum Gasteiger partial charge on any atom is -0.443 e. The molecule has 0 aliphatic carbocycles. The molecular formula is C17H25N2O6P. The highest BCUT2D eigenvalue weighted by atomic mass is 31.2. The summed E-state index contributed by atoms with van der Waals surface area (Å²) < 4.78 is 33.8. The second kappa shape index (κ2) is 8.20. The highest BCUT2D eigenvalue weighted by Gasteiger charge is 2.34. The third kappa shape index (κ3) is 5.30. The number of rotatable bonds is 5. The van der Waals surface area contributed by atoms with Crippen LogP contribution in [0.4, 0.5) is 16.2 Å². The van der Waals surface area contributed by atoms with Crippen LogP contribution in [0.25, 0.3) is 0 Å². The zero-order valence-corrected chi connectivity index (χ0v) is 16.6. The first-order chi connectivity index (χ1) is 12.2. The van der Waals surface area contributed by atoms with Crippen LogP contribution in [-0.4, -0.2) is 37.4 Å².